The Morgan fingerprint density at radius 3 is 2.69 bits per heavy atom. The lowest BCUT2D eigenvalue weighted by Crippen LogP contribution is -2.21. The molecule has 2 aromatic carbocycles. The number of hydrogen-bond acceptors (Lipinski definition) is 4. The third-order valence-corrected chi connectivity index (χ3v) is 4.51. The van der Waals surface area contributed by atoms with Crippen LogP contribution >= 0.6 is 15.9 Å². The van der Waals surface area contributed by atoms with Crippen molar-refractivity contribution in [1.82, 2.24) is 0 Å². The fourth-order valence-corrected chi connectivity index (χ4v) is 3.13. The SMILES string of the molecule is COc1ccc(C=C2C(=O)N(c3cccc(C(=O)O)c3)N=C2C)cc1Br. The number of carbonyl (C=O) groups is 2. The molecule has 1 amide bonds. The molecule has 7 heteroatoms. The Morgan fingerprint density at radius 2 is 2.04 bits per heavy atom. The Bertz CT molecular complexity index is 966. The first kappa shape index (κ1) is 17.9. The molecule has 0 unspecified atom stereocenters. The number of nitrogens with zero attached hydrogens (tertiary/aromatic N) is 2. The van der Waals surface area contributed by atoms with Crippen molar-refractivity contribution in [1.29, 1.82) is 0 Å². The Balaban J connectivity index is 1.94. The van der Waals surface area contributed by atoms with Crippen molar-refractivity contribution in [2.24, 2.45) is 5.10 Å². The molecule has 1 aliphatic heterocycles. The highest BCUT2D eigenvalue weighted by Gasteiger charge is 2.29. The van der Waals surface area contributed by atoms with Gasteiger partial charge in [-0.2, -0.15) is 10.1 Å². The molecular weight excluding hydrogens is 400 g/mol. The summed E-state index contributed by atoms with van der Waals surface area (Å²) in [5.74, 6) is -0.669. The first-order chi connectivity index (χ1) is 12.4. The van der Waals surface area contributed by atoms with Crippen LogP contribution in [0.1, 0.15) is 22.8 Å². The molecule has 6 nitrogen and oxygen atoms in total. The Kier molecular flexibility index (Phi) is 4.90. The molecule has 0 fully saturated rings. The first-order valence-electron chi connectivity index (χ1n) is 7.69. The van der Waals surface area contributed by atoms with Gasteiger partial charge in [-0.25, -0.2) is 4.79 Å². The summed E-state index contributed by atoms with van der Waals surface area (Å²) in [5, 5.41) is 14.6. The molecule has 2 aromatic rings. The molecule has 0 aliphatic carbocycles. The number of rotatable bonds is 4. The molecule has 0 bridgehead atoms. The lowest BCUT2D eigenvalue weighted by atomic mass is 10.1. The van der Waals surface area contributed by atoms with Crippen molar-refractivity contribution >= 4 is 45.3 Å². The lowest BCUT2D eigenvalue weighted by Gasteiger charge is -2.12. The minimum absolute atomic E-state index is 0.0969. The van der Waals surface area contributed by atoms with Gasteiger partial charge in [0, 0.05) is 0 Å². The van der Waals surface area contributed by atoms with Crippen LogP contribution in [0.25, 0.3) is 6.08 Å². The molecule has 1 heterocycles. The maximum absolute atomic E-state index is 12.8. The number of carboxylic acids is 1. The Hall–Kier alpha value is -2.93. The third-order valence-electron chi connectivity index (χ3n) is 3.89. The van der Waals surface area contributed by atoms with Crippen molar-refractivity contribution in [2.45, 2.75) is 6.92 Å². The summed E-state index contributed by atoms with van der Waals surface area (Å²) in [6, 6.07) is 11.6. The van der Waals surface area contributed by atoms with Gasteiger partial charge in [0.25, 0.3) is 5.91 Å². The Morgan fingerprint density at radius 1 is 1.27 bits per heavy atom. The Labute approximate surface area is 158 Å². The van der Waals surface area contributed by atoms with E-state index in [2.05, 4.69) is 21.0 Å². The second-order valence-corrected chi connectivity index (χ2v) is 6.46. The number of aromatic carboxylic acids is 1. The number of benzene rings is 2. The molecular formula is C19H15BrN2O4. The summed E-state index contributed by atoms with van der Waals surface area (Å²) in [7, 11) is 1.58. The number of hydrogen-bond donors (Lipinski definition) is 1. The average Bonchev–Trinajstić information content (AvgIpc) is 2.90. The van der Waals surface area contributed by atoms with E-state index in [1.165, 1.54) is 17.1 Å². The minimum atomic E-state index is -1.06. The monoisotopic (exact) mass is 414 g/mol. The van der Waals surface area contributed by atoms with Crippen molar-refractivity contribution in [3.05, 3.63) is 63.6 Å². The fourth-order valence-electron chi connectivity index (χ4n) is 2.57. The molecule has 0 saturated carbocycles. The number of hydrazone groups is 1. The third kappa shape index (κ3) is 3.39. The highest BCUT2D eigenvalue weighted by molar-refractivity contribution is 9.10. The van der Waals surface area contributed by atoms with Gasteiger partial charge in [-0.3, -0.25) is 4.79 Å². The highest BCUT2D eigenvalue weighted by atomic mass is 79.9. The average molecular weight is 415 g/mol. The van der Waals surface area contributed by atoms with E-state index < -0.39 is 5.97 Å². The van der Waals surface area contributed by atoms with E-state index >= 15 is 0 Å². The molecule has 1 aliphatic rings. The summed E-state index contributed by atoms with van der Waals surface area (Å²) >= 11 is 3.42. The van der Waals surface area contributed by atoms with Gasteiger partial charge in [0.2, 0.25) is 0 Å². The van der Waals surface area contributed by atoms with Gasteiger partial charge in [-0.1, -0.05) is 12.1 Å². The number of carboxylic acid groups (broad SMARTS) is 1. The number of carbonyl (C=O) groups excluding carboxylic acids is 1. The van der Waals surface area contributed by atoms with Crippen LogP contribution in [-0.2, 0) is 4.79 Å². The molecule has 26 heavy (non-hydrogen) atoms. The molecule has 0 saturated heterocycles. The van der Waals surface area contributed by atoms with Crippen LogP contribution in [-0.4, -0.2) is 29.8 Å². The van der Waals surface area contributed by atoms with E-state index in [4.69, 9.17) is 9.84 Å². The first-order valence-corrected chi connectivity index (χ1v) is 8.48. The van der Waals surface area contributed by atoms with Crippen LogP contribution in [0.2, 0.25) is 0 Å². The summed E-state index contributed by atoms with van der Waals surface area (Å²) < 4.78 is 5.98. The highest BCUT2D eigenvalue weighted by Crippen LogP contribution is 2.29. The van der Waals surface area contributed by atoms with Crippen molar-refractivity contribution < 1.29 is 19.4 Å². The van der Waals surface area contributed by atoms with Crippen molar-refractivity contribution in [2.75, 3.05) is 12.1 Å². The number of halogens is 1. The normalized spacial score (nSPS) is 15.3. The lowest BCUT2D eigenvalue weighted by molar-refractivity contribution is -0.114. The smallest absolute Gasteiger partial charge is 0.335 e. The van der Waals surface area contributed by atoms with Gasteiger partial charge in [-0.05, 0) is 64.8 Å². The van der Waals surface area contributed by atoms with Crippen molar-refractivity contribution in [3.8, 4) is 5.75 Å². The molecule has 0 spiro atoms. The zero-order chi connectivity index (χ0) is 18.8. The number of methoxy groups -OCH3 is 1. The predicted molar refractivity (Wildman–Crippen MR) is 103 cm³/mol. The van der Waals surface area contributed by atoms with Gasteiger partial charge in [0.05, 0.1) is 34.1 Å². The number of anilines is 1. The van der Waals surface area contributed by atoms with Crippen LogP contribution in [0, 0.1) is 0 Å². The van der Waals surface area contributed by atoms with E-state index in [0.29, 0.717) is 22.7 Å². The largest absolute Gasteiger partial charge is 0.496 e. The maximum Gasteiger partial charge on any atom is 0.335 e. The molecule has 0 radical (unpaired) electrons. The number of ether oxygens (including phenoxy) is 1. The summed E-state index contributed by atoms with van der Waals surface area (Å²) in [5.41, 5.74) is 2.33. The summed E-state index contributed by atoms with van der Waals surface area (Å²) in [4.78, 5) is 23.9. The van der Waals surface area contributed by atoms with Crippen LogP contribution < -0.4 is 9.75 Å². The minimum Gasteiger partial charge on any atom is -0.496 e. The van der Waals surface area contributed by atoms with Gasteiger partial charge >= 0.3 is 5.97 Å². The van der Waals surface area contributed by atoms with Gasteiger partial charge in [0.15, 0.2) is 0 Å². The maximum atomic E-state index is 12.8. The number of amides is 1. The van der Waals surface area contributed by atoms with Crippen LogP contribution in [0.4, 0.5) is 5.69 Å². The second-order valence-electron chi connectivity index (χ2n) is 5.61. The van der Waals surface area contributed by atoms with Gasteiger partial charge in [0.1, 0.15) is 5.75 Å². The van der Waals surface area contributed by atoms with E-state index in [-0.39, 0.29) is 11.5 Å². The standard InChI is InChI=1S/C19H15BrN2O4/c1-11-15(8-12-6-7-17(26-2)16(20)9-12)18(23)22(21-11)14-5-3-4-13(10-14)19(24)25/h3-10H,1-2H3,(H,24,25). The zero-order valence-electron chi connectivity index (χ0n) is 14.1. The summed E-state index contributed by atoms with van der Waals surface area (Å²) in [6.45, 7) is 1.74. The molecule has 1 N–H and O–H groups in total. The van der Waals surface area contributed by atoms with E-state index in [0.717, 1.165) is 10.0 Å². The van der Waals surface area contributed by atoms with E-state index in [1.807, 2.05) is 12.1 Å². The molecule has 3 rings (SSSR count). The van der Waals surface area contributed by atoms with Gasteiger partial charge < -0.3 is 9.84 Å². The second kappa shape index (κ2) is 7.13. The zero-order valence-corrected chi connectivity index (χ0v) is 15.6. The van der Waals surface area contributed by atoms with Crippen LogP contribution in [0.3, 0.4) is 0 Å². The molecule has 0 atom stereocenters. The summed E-state index contributed by atoms with van der Waals surface area (Å²) in [6.07, 6.45) is 1.74. The predicted octanol–water partition coefficient (Wildman–Crippen LogP) is 3.96. The molecule has 132 valence electrons. The molecule has 0 aromatic heterocycles. The van der Waals surface area contributed by atoms with Crippen LogP contribution in [0.5, 0.6) is 5.75 Å². The van der Waals surface area contributed by atoms with Crippen molar-refractivity contribution in [3.63, 3.8) is 0 Å². The van der Waals surface area contributed by atoms with Gasteiger partial charge in [-0.15, -0.1) is 0 Å². The topological polar surface area (TPSA) is 79.2 Å². The quantitative estimate of drug-likeness (QED) is 0.767. The van der Waals surface area contributed by atoms with Crippen LogP contribution in [0.15, 0.2) is 57.6 Å². The fraction of sp³-hybridized carbons (Fsp3) is 0.105. The van der Waals surface area contributed by atoms with E-state index in [9.17, 15) is 9.59 Å². The van der Waals surface area contributed by atoms with E-state index in [1.54, 1.807) is 38.3 Å².